The number of hydrogen-bond acceptors (Lipinski definition) is 3. The van der Waals surface area contributed by atoms with Crippen LogP contribution in [-0.2, 0) is 9.53 Å². The molecule has 6 heteroatoms. The number of benzene rings is 1. The van der Waals surface area contributed by atoms with E-state index in [0.29, 0.717) is 6.61 Å². The van der Waals surface area contributed by atoms with E-state index in [1.807, 2.05) is 32.0 Å². The van der Waals surface area contributed by atoms with E-state index >= 15 is 0 Å². The zero-order valence-corrected chi connectivity index (χ0v) is 14.7. The second-order valence-electron chi connectivity index (χ2n) is 4.97. The van der Waals surface area contributed by atoms with Gasteiger partial charge in [0.25, 0.3) is 0 Å². The summed E-state index contributed by atoms with van der Waals surface area (Å²) < 4.78 is 7.34. The Balaban J connectivity index is 2.00. The molecule has 0 spiro atoms. The van der Waals surface area contributed by atoms with Crippen molar-refractivity contribution in [2.24, 2.45) is 0 Å². The highest BCUT2D eigenvalue weighted by Crippen LogP contribution is 2.26. The smallest absolute Gasteiger partial charge is 0.241 e. The third-order valence-corrected chi connectivity index (χ3v) is 4.54. The predicted octanol–water partition coefficient (Wildman–Crippen LogP) is 3.26. The summed E-state index contributed by atoms with van der Waals surface area (Å²) in [6.45, 7) is 6.22. The van der Waals surface area contributed by atoms with Crippen LogP contribution >= 0.6 is 31.9 Å². The normalized spacial score (nSPS) is 21.5. The highest BCUT2D eigenvalue weighted by atomic mass is 79.9. The van der Waals surface area contributed by atoms with E-state index in [1.165, 1.54) is 0 Å². The minimum absolute atomic E-state index is 0.00197. The third-order valence-electron chi connectivity index (χ3n) is 3.39. The Morgan fingerprint density at radius 2 is 2.25 bits per heavy atom. The van der Waals surface area contributed by atoms with Gasteiger partial charge in [-0.2, -0.15) is 0 Å². The summed E-state index contributed by atoms with van der Waals surface area (Å²) in [6.07, 6.45) is 0.179. The minimum Gasteiger partial charge on any atom is -0.376 e. The van der Waals surface area contributed by atoms with E-state index in [2.05, 4.69) is 42.1 Å². The fraction of sp³-hybridized carbons (Fsp3) is 0.500. The van der Waals surface area contributed by atoms with Gasteiger partial charge in [0.1, 0.15) is 0 Å². The van der Waals surface area contributed by atoms with E-state index in [0.717, 1.165) is 27.7 Å². The highest BCUT2D eigenvalue weighted by Gasteiger charge is 2.26. The van der Waals surface area contributed by atoms with Crippen LogP contribution in [0.1, 0.15) is 13.8 Å². The first-order valence-corrected chi connectivity index (χ1v) is 8.17. The molecule has 2 atom stereocenters. The number of nitrogens with one attached hydrogen (secondary N) is 1. The minimum atomic E-state index is -0.170. The van der Waals surface area contributed by atoms with Gasteiger partial charge >= 0.3 is 0 Å². The van der Waals surface area contributed by atoms with Crippen molar-refractivity contribution in [3.05, 3.63) is 27.1 Å². The van der Waals surface area contributed by atoms with Gasteiger partial charge < -0.3 is 10.1 Å². The van der Waals surface area contributed by atoms with Crippen LogP contribution < -0.4 is 5.32 Å². The first kappa shape index (κ1) is 15.9. The summed E-state index contributed by atoms with van der Waals surface area (Å²) in [5, 5.41) is 2.96. The molecule has 1 saturated heterocycles. The van der Waals surface area contributed by atoms with E-state index in [4.69, 9.17) is 4.74 Å². The molecule has 0 aliphatic carbocycles. The van der Waals surface area contributed by atoms with Crippen LogP contribution in [0.3, 0.4) is 0 Å². The van der Waals surface area contributed by atoms with Crippen molar-refractivity contribution in [2.45, 2.75) is 26.0 Å². The second-order valence-corrected chi connectivity index (χ2v) is 6.74. The Morgan fingerprint density at radius 3 is 2.90 bits per heavy atom. The van der Waals surface area contributed by atoms with Crippen LogP contribution in [0.2, 0.25) is 0 Å². The van der Waals surface area contributed by atoms with E-state index in [9.17, 15) is 4.79 Å². The largest absolute Gasteiger partial charge is 0.376 e. The van der Waals surface area contributed by atoms with Gasteiger partial charge in [0.15, 0.2) is 0 Å². The number of anilines is 1. The zero-order valence-electron chi connectivity index (χ0n) is 11.5. The SMILES string of the molecule is CC1CN(C(C)C(=O)Nc2ccc(Br)cc2Br)CCO1. The number of halogens is 2. The van der Waals surface area contributed by atoms with Crippen molar-refractivity contribution < 1.29 is 9.53 Å². The molecule has 2 unspecified atom stereocenters. The maximum Gasteiger partial charge on any atom is 0.241 e. The number of amides is 1. The molecular formula is C14H18Br2N2O2. The molecule has 1 amide bonds. The van der Waals surface area contributed by atoms with Crippen LogP contribution in [0.15, 0.2) is 27.1 Å². The topological polar surface area (TPSA) is 41.6 Å². The van der Waals surface area contributed by atoms with Crippen LogP contribution in [0.5, 0.6) is 0 Å². The molecule has 1 aromatic rings. The molecule has 1 heterocycles. The molecule has 2 rings (SSSR count). The lowest BCUT2D eigenvalue weighted by Crippen LogP contribution is -2.50. The Morgan fingerprint density at radius 1 is 1.50 bits per heavy atom. The quantitative estimate of drug-likeness (QED) is 0.838. The van der Waals surface area contributed by atoms with Crippen LogP contribution in [0.25, 0.3) is 0 Å². The average molecular weight is 406 g/mol. The fourth-order valence-corrected chi connectivity index (χ4v) is 3.34. The molecule has 1 aromatic carbocycles. The highest BCUT2D eigenvalue weighted by molar-refractivity contribution is 9.11. The number of morpholine rings is 1. The molecule has 0 bridgehead atoms. The number of ether oxygens (including phenoxy) is 1. The van der Waals surface area contributed by atoms with Gasteiger partial charge in [-0.15, -0.1) is 0 Å². The first-order valence-electron chi connectivity index (χ1n) is 6.59. The lowest BCUT2D eigenvalue weighted by atomic mass is 10.2. The summed E-state index contributed by atoms with van der Waals surface area (Å²) in [6, 6.07) is 5.52. The molecule has 0 aromatic heterocycles. The molecule has 0 radical (unpaired) electrons. The van der Waals surface area contributed by atoms with Gasteiger partial charge in [-0.05, 0) is 48.0 Å². The molecule has 1 aliphatic heterocycles. The number of carbonyl (C=O) groups excluding carboxylic acids is 1. The molecule has 1 N–H and O–H groups in total. The van der Waals surface area contributed by atoms with Crippen LogP contribution in [0, 0.1) is 0 Å². The molecule has 110 valence electrons. The summed E-state index contributed by atoms with van der Waals surface area (Å²) >= 11 is 6.85. The van der Waals surface area contributed by atoms with Crippen molar-refractivity contribution in [3.8, 4) is 0 Å². The lowest BCUT2D eigenvalue weighted by molar-refractivity contribution is -0.123. The summed E-state index contributed by atoms with van der Waals surface area (Å²) in [5.41, 5.74) is 0.784. The van der Waals surface area contributed by atoms with Crippen molar-refractivity contribution in [2.75, 3.05) is 25.0 Å². The average Bonchev–Trinajstić information content (AvgIpc) is 2.41. The first-order chi connectivity index (χ1) is 9.47. The van der Waals surface area contributed by atoms with Crippen molar-refractivity contribution >= 4 is 43.5 Å². The van der Waals surface area contributed by atoms with Gasteiger partial charge in [-0.1, -0.05) is 15.9 Å². The number of nitrogens with zero attached hydrogens (tertiary/aromatic N) is 1. The summed E-state index contributed by atoms with van der Waals surface area (Å²) in [7, 11) is 0. The number of rotatable bonds is 3. The molecule has 0 saturated carbocycles. The molecule has 4 nitrogen and oxygen atoms in total. The number of carbonyl (C=O) groups is 1. The van der Waals surface area contributed by atoms with Crippen molar-refractivity contribution in [1.82, 2.24) is 4.90 Å². The maximum atomic E-state index is 12.3. The van der Waals surface area contributed by atoms with Gasteiger partial charge in [0.2, 0.25) is 5.91 Å². The standard InChI is InChI=1S/C14H18Br2N2O2/c1-9-8-18(5-6-20-9)10(2)14(19)17-13-4-3-11(15)7-12(13)16/h3-4,7,9-10H,5-6,8H2,1-2H3,(H,17,19). The fourth-order valence-electron chi connectivity index (χ4n) is 2.19. The number of hydrogen-bond donors (Lipinski definition) is 1. The maximum absolute atomic E-state index is 12.3. The molecule has 1 aliphatic rings. The Bertz CT molecular complexity index is 496. The van der Waals surface area contributed by atoms with Gasteiger partial charge in [0, 0.05) is 22.0 Å². The van der Waals surface area contributed by atoms with Crippen molar-refractivity contribution in [1.29, 1.82) is 0 Å². The van der Waals surface area contributed by atoms with Crippen LogP contribution in [0.4, 0.5) is 5.69 Å². The predicted molar refractivity (Wildman–Crippen MR) is 86.9 cm³/mol. The monoisotopic (exact) mass is 404 g/mol. The Kier molecular flexibility index (Phi) is 5.60. The van der Waals surface area contributed by atoms with Crippen LogP contribution in [-0.4, -0.2) is 42.6 Å². The molecular weight excluding hydrogens is 388 g/mol. The van der Waals surface area contributed by atoms with E-state index < -0.39 is 0 Å². The Labute approximate surface area is 136 Å². The second kappa shape index (κ2) is 7.02. The summed E-state index contributed by atoms with van der Waals surface area (Å²) in [5.74, 6) is 0.00197. The molecule has 1 fully saturated rings. The third kappa shape index (κ3) is 4.04. The summed E-state index contributed by atoms with van der Waals surface area (Å²) in [4.78, 5) is 14.5. The van der Waals surface area contributed by atoms with Gasteiger partial charge in [0.05, 0.1) is 24.4 Å². The van der Waals surface area contributed by atoms with Gasteiger partial charge in [-0.3, -0.25) is 9.69 Å². The lowest BCUT2D eigenvalue weighted by Gasteiger charge is -2.34. The van der Waals surface area contributed by atoms with E-state index in [-0.39, 0.29) is 18.1 Å². The Hall–Kier alpha value is -0.430. The van der Waals surface area contributed by atoms with Crippen molar-refractivity contribution in [3.63, 3.8) is 0 Å². The van der Waals surface area contributed by atoms with Gasteiger partial charge in [-0.25, -0.2) is 0 Å². The van der Waals surface area contributed by atoms with E-state index in [1.54, 1.807) is 0 Å². The molecule has 20 heavy (non-hydrogen) atoms. The zero-order chi connectivity index (χ0) is 14.7.